The number of fused-ring (bicyclic) bond motifs is 3. The number of anilines is 1. The van der Waals surface area contributed by atoms with E-state index in [0.717, 1.165) is 5.56 Å². The number of carbonyl (C=O) groups is 1. The monoisotopic (exact) mass is 304 g/mol. The van der Waals surface area contributed by atoms with Crippen LogP contribution >= 0.6 is 0 Å². The van der Waals surface area contributed by atoms with E-state index in [1.54, 1.807) is 6.07 Å². The van der Waals surface area contributed by atoms with Crippen LogP contribution in [0.2, 0.25) is 0 Å². The highest BCUT2D eigenvalue weighted by Crippen LogP contribution is 2.49. The molecule has 1 aromatic rings. The highest BCUT2D eigenvalue weighted by molar-refractivity contribution is 5.83. The molecular weight excluding hydrogens is 288 g/mol. The van der Waals surface area contributed by atoms with Gasteiger partial charge in [-0.25, -0.2) is 4.79 Å². The van der Waals surface area contributed by atoms with Crippen molar-refractivity contribution in [1.82, 2.24) is 0 Å². The predicted molar refractivity (Wildman–Crippen MR) is 79.3 cm³/mol. The smallest absolute Gasteiger partial charge is 0.326 e. The van der Waals surface area contributed by atoms with E-state index in [1.807, 2.05) is 19.1 Å². The Morgan fingerprint density at radius 2 is 2.32 bits per heavy atom. The van der Waals surface area contributed by atoms with Crippen molar-refractivity contribution in [2.45, 2.75) is 25.3 Å². The number of benzene rings is 1. The van der Waals surface area contributed by atoms with Gasteiger partial charge in [0, 0.05) is 11.8 Å². The van der Waals surface area contributed by atoms with E-state index >= 15 is 0 Å². The number of nitrogens with zero attached hydrogens (tertiary/aromatic N) is 1. The molecule has 2 aliphatic rings. The summed E-state index contributed by atoms with van der Waals surface area (Å²) >= 11 is 0. The van der Waals surface area contributed by atoms with E-state index in [0.29, 0.717) is 18.8 Å². The molecule has 0 saturated heterocycles. The number of hydrogen-bond acceptors (Lipinski definition) is 5. The van der Waals surface area contributed by atoms with Crippen molar-refractivity contribution in [3.05, 3.63) is 40.0 Å². The summed E-state index contributed by atoms with van der Waals surface area (Å²) in [6, 6.07) is 2.28. The molecule has 1 heterocycles. The minimum absolute atomic E-state index is 0.138. The third-order valence-electron chi connectivity index (χ3n) is 4.20. The molecule has 2 N–H and O–H groups in total. The quantitative estimate of drug-likeness (QED) is 0.503. The number of carboxylic acids is 1. The first-order chi connectivity index (χ1) is 10.5. The Hall–Kier alpha value is -2.57. The van der Waals surface area contributed by atoms with Crippen LogP contribution in [-0.4, -0.2) is 28.6 Å². The van der Waals surface area contributed by atoms with Crippen LogP contribution in [0.5, 0.6) is 5.75 Å². The molecule has 116 valence electrons. The number of nitrogens with one attached hydrogen (secondary N) is 1. The van der Waals surface area contributed by atoms with Crippen LogP contribution in [0.4, 0.5) is 11.4 Å². The lowest BCUT2D eigenvalue weighted by Gasteiger charge is -2.34. The second-order valence-corrected chi connectivity index (χ2v) is 5.41. The first-order valence-corrected chi connectivity index (χ1v) is 7.14. The topological polar surface area (TPSA) is 102 Å². The van der Waals surface area contributed by atoms with Gasteiger partial charge in [-0.3, -0.25) is 10.1 Å². The number of nitro groups is 1. The van der Waals surface area contributed by atoms with Gasteiger partial charge in [-0.15, -0.1) is 0 Å². The summed E-state index contributed by atoms with van der Waals surface area (Å²) in [6.07, 6.45) is 4.50. The molecule has 1 aromatic carbocycles. The Balaban J connectivity index is 2.16. The molecule has 7 nitrogen and oxygen atoms in total. The Bertz CT molecular complexity index is 670. The van der Waals surface area contributed by atoms with E-state index in [1.165, 1.54) is 6.07 Å². The third-order valence-corrected chi connectivity index (χ3v) is 4.20. The van der Waals surface area contributed by atoms with E-state index < -0.39 is 16.9 Å². The fourth-order valence-electron chi connectivity index (χ4n) is 3.29. The molecule has 0 aromatic heterocycles. The zero-order chi connectivity index (χ0) is 15.9. The number of hydrogen-bond donors (Lipinski definition) is 2. The molecule has 3 atom stereocenters. The van der Waals surface area contributed by atoms with Crippen molar-refractivity contribution < 1.29 is 19.6 Å². The van der Waals surface area contributed by atoms with Crippen molar-refractivity contribution in [1.29, 1.82) is 0 Å². The van der Waals surface area contributed by atoms with Crippen molar-refractivity contribution in [3.63, 3.8) is 0 Å². The molecule has 0 fully saturated rings. The predicted octanol–water partition coefficient (Wildman–Crippen LogP) is 2.53. The summed E-state index contributed by atoms with van der Waals surface area (Å²) in [5, 5.41) is 23.6. The van der Waals surface area contributed by atoms with Gasteiger partial charge in [-0.05, 0) is 25.0 Å². The molecule has 22 heavy (non-hydrogen) atoms. The van der Waals surface area contributed by atoms with Crippen LogP contribution in [0.15, 0.2) is 24.3 Å². The fraction of sp³-hybridized carbons (Fsp3) is 0.400. The van der Waals surface area contributed by atoms with Crippen LogP contribution in [0.1, 0.15) is 24.8 Å². The number of rotatable bonds is 4. The van der Waals surface area contributed by atoms with Crippen molar-refractivity contribution >= 4 is 17.3 Å². The SMILES string of the molecule is CCOc1cc2c(c([N+](=O)[O-])c1)N[C@@H](C(=O)O)[C@@H]1CC=C[C@H]21. The van der Waals surface area contributed by atoms with Crippen LogP contribution in [0.3, 0.4) is 0 Å². The summed E-state index contributed by atoms with van der Waals surface area (Å²) in [4.78, 5) is 22.3. The molecule has 0 amide bonds. The molecule has 7 heteroatoms. The first kappa shape index (κ1) is 14.4. The first-order valence-electron chi connectivity index (χ1n) is 7.14. The van der Waals surface area contributed by atoms with Gasteiger partial charge in [0.05, 0.1) is 17.6 Å². The Morgan fingerprint density at radius 1 is 1.55 bits per heavy atom. The molecule has 0 bridgehead atoms. The zero-order valence-electron chi connectivity index (χ0n) is 12.0. The Labute approximate surface area is 126 Å². The maximum absolute atomic E-state index is 11.5. The number of aliphatic carboxylic acids is 1. The minimum atomic E-state index is -0.993. The van der Waals surface area contributed by atoms with Gasteiger partial charge in [-0.2, -0.15) is 0 Å². The Morgan fingerprint density at radius 3 is 2.95 bits per heavy atom. The second kappa shape index (κ2) is 5.32. The summed E-state index contributed by atoms with van der Waals surface area (Å²) in [7, 11) is 0. The molecular formula is C15H16N2O5. The van der Waals surface area contributed by atoms with Gasteiger partial charge in [0.2, 0.25) is 0 Å². The lowest BCUT2D eigenvalue weighted by molar-refractivity contribution is -0.384. The van der Waals surface area contributed by atoms with Crippen molar-refractivity contribution in [2.24, 2.45) is 5.92 Å². The third kappa shape index (κ3) is 2.18. The van der Waals surface area contributed by atoms with E-state index in [2.05, 4.69) is 5.32 Å². The maximum Gasteiger partial charge on any atom is 0.326 e. The summed E-state index contributed by atoms with van der Waals surface area (Å²) in [5.74, 6) is -0.840. The molecule has 0 unspecified atom stereocenters. The number of allylic oxidation sites excluding steroid dienone is 2. The highest BCUT2D eigenvalue weighted by atomic mass is 16.6. The van der Waals surface area contributed by atoms with Gasteiger partial charge in [0.1, 0.15) is 17.5 Å². The van der Waals surface area contributed by atoms with Gasteiger partial charge in [-0.1, -0.05) is 12.2 Å². The Kier molecular flexibility index (Phi) is 3.48. The fourth-order valence-corrected chi connectivity index (χ4v) is 3.29. The molecule has 3 rings (SSSR count). The molecule has 0 radical (unpaired) electrons. The standard InChI is InChI=1S/C15H16N2O5/c1-2-22-8-6-11-9-4-3-5-10(9)14(15(18)19)16-13(11)12(7-8)17(20)21/h3-4,6-7,9-10,14,16H,2,5H2,1H3,(H,18,19)/t9-,10+,14+/m0/s1. The largest absolute Gasteiger partial charge is 0.494 e. The lowest BCUT2D eigenvalue weighted by Crippen LogP contribution is -2.42. The van der Waals surface area contributed by atoms with Crippen LogP contribution in [0.25, 0.3) is 0 Å². The molecule has 1 aliphatic heterocycles. The lowest BCUT2D eigenvalue weighted by atomic mass is 9.79. The highest BCUT2D eigenvalue weighted by Gasteiger charge is 2.43. The molecule has 0 spiro atoms. The average Bonchev–Trinajstić information content (AvgIpc) is 2.95. The number of nitro benzene ring substituents is 1. The minimum Gasteiger partial charge on any atom is -0.494 e. The summed E-state index contributed by atoms with van der Waals surface area (Å²) in [5.41, 5.74) is 0.869. The van der Waals surface area contributed by atoms with Crippen LogP contribution in [-0.2, 0) is 4.79 Å². The second-order valence-electron chi connectivity index (χ2n) is 5.41. The number of ether oxygens (including phenoxy) is 1. The van der Waals surface area contributed by atoms with Crippen molar-refractivity contribution in [3.8, 4) is 5.75 Å². The van der Waals surface area contributed by atoms with E-state index in [4.69, 9.17) is 4.74 Å². The summed E-state index contributed by atoms with van der Waals surface area (Å²) in [6.45, 7) is 2.22. The summed E-state index contributed by atoms with van der Waals surface area (Å²) < 4.78 is 5.41. The van der Waals surface area contributed by atoms with E-state index in [9.17, 15) is 20.0 Å². The zero-order valence-corrected chi connectivity index (χ0v) is 12.0. The average molecular weight is 304 g/mol. The molecule has 1 aliphatic carbocycles. The van der Waals surface area contributed by atoms with Crippen molar-refractivity contribution in [2.75, 3.05) is 11.9 Å². The normalized spacial score (nSPS) is 25.0. The van der Waals surface area contributed by atoms with Gasteiger partial charge in [0.25, 0.3) is 5.69 Å². The van der Waals surface area contributed by atoms with Gasteiger partial charge in [0.15, 0.2) is 0 Å². The van der Waals surface area contributed by atoms with Crippen LogP contribution in [0, 0.1) is 16.0 Å². The van der Waals surface area contributed by atoms with Crippen LogP contribution < -0.4 is 10.1 Å². The molecule has 0 saturated carbocycles. The van der Waals surface area contributed by atoms with E-state index in [-0.39, 0.29) is 23.2 Å². The maximum atomic E-state index is 11.5. The van der Waals surface area contributed by atoms with Gasteiger partial charge >= 0.3 is 5.97 Å². The number of carboxylic acid groups (broad SMARTS) is 1. The van der Waals surface area contributed by atoms with Gasteiger partial charge < -0.3 is 15.2 Å².